The molecule has 0 radical (unpaired) electrons. The van der Waals surface area contributed by atoms with Crippen LogP contribution in [0, 0.1) is 10.8 Å². The van der Waals surface area contributed by atoms with Crippen LogP contribution in [-0.2, 0) is 19.1 Å². The zero-order valence-electron chi connectivity index (χ0n) is 51.5. The third-order valence-corrected chi connectivity index (χ3v) is 15.8. The summed E-state index contributed by atoms with van der Waals surface area (Å²) in [5, 5.41) is 0. The Labute approximate surface area is 470 Å². The van der Waals surface area contributed by atoms with E-state index in [2.05, 4.69) is 168 Å². The van der Waals surface area contributed by atoms with Crippen LogP contribution in [0.15, 0.2) is 130 Å². The largest absolute Gasteiger partial charge is 0.462 e. The average molecular weight is 1050 g/mol. The molecule has 0 aromatic carbocycles. The van der Waals surface area contributed by atoms with Gasteiger partial charge in [0.15, 0.2) is 0 Å². The predicted octanol–water partition coefficient (Wildman–Crippen LogP) is 22.6. The first-order valence-electron chi connectivity index (χ1n) is 31.3. The SMILES string of the molecule is CCCCCCCCCCCCCCCC(=O)O[C@@H]1CC(C)=C(/C=C/C(C)=C/C=C/C(C)=C\C=C/C=C(C)/C=C/C=C(C)/C=C/C2=C(C)C[C@@H](OC(=O)CCCCCCCCCCCCCCC)CC2(C)C)C(C)(C)C1. The van der Waals surface area contributed by atoms with Gasteiger partial charge in [0.2, 0.25) is 0 Å². The Kier molecular flexibility index (Phi) is 36.9. The molecular weight excluding hydrogens is 929 g/mol. The highest BCUT2D eigenvalue weighted by atomic mass is 16.5. The Hall–Kier alpha value is -3.92. The fourth-order valence-corrected chi connectivity index (χ4v) is 11.3. The lowest BCUT2D eigenvalue weighted by Gasteiger charge is -2.37. The molecule has 0 bridgehead atoms. The predicted molar refractivity (Wildman–Crippen MR) is 333 cm³/mol. The summed E-state index contributed by atoms with van der Waals surface area (Å²) >= 11 is 0. The smallest absolute Gasteiger partial charge is 0.306 e. The van der Waals surface area contributed by atoms with Gasteiger partial charge >= 0.3 is 11.9 Å². The lowest BCUT2D eigenvalue weighted by molar-refractivity contribution is -0.151. The summed E-state index contributed by atoms with van der Waals surface area (Å²) in [6.45, 7) is 26.6. The minimum absolute atomic E-state index is 0.0252. The average Bonchev–Trinajstić information content (AvgIpc) is 3.34. The molecule has 2 atom stereocenters. The molecule has 4 heteroatoms. The van der Waals surface area contributed by atoms with Crippen LogP contribution in [0.2, 0.25) is 0 Å². The molecular formula is C72H116O4. The van der Waals surface area contributed by atoms with E-state index >= 15 is 0 Å². The van der Waals surface area contributed by atoms with Crippen LogP contribution in [0.1, 0.15) is 289 Å². The highest BCUT2D eigenvalue weighted by molar-refractivity contribution is 5.70. The zero-order valence-corrected chi connectivity index (χ0v) is 51.5. The van der Waals surface area contributed by atoms with E-state index in [9.17, 15) is 9.59 Å². The van der Waals surface area contributed by atoms with Crippen molar-refractivity contribution in [3.8, 4) is 0 Å². The molecule has 0 N–H and O–H groups in total. The molecule has 76 heavy (non-hydrogen) atoms. The van der Waals surface area contributed by atoms with Crippen LogP contribution in [0.4, 0.5) is 0 Å². The van der Waals surface area contributed by atoms with Crippen molar-refractivity contribution in [2.45, 2.75) is 301 Å². The van der Waals surface area contributed by atoms with Crippen LogP contribution >= 0.6 is 0 Å². The standard InChI is InChI=1S/C72H116O4/c1-13-15-17-19-21-23-25-27-29-31-33-35-37-49-69(73)75-65-55-63(7)67(71(9,10)57-65)53-51-61(5)47-41-45-59(3)43-39-40-44-60(4)46-42-48-62(6)52-54-68-64(8)56-66(58-72(68,11)12)76-70(74)50-38-36-34-32-30-28-26-24-22-20-18-16-14-2/h39-48,51-54,65-66H,13-38,49-50,55-58H2,1-12H3/b40-39-,45-41+,46-42+,53-51+,54-52+,59-43-,60-44+,61-47+,62-48+/t65-,66-/m1/s1. The number of hydrogen-bond acceptors (Lipinski definition) is 4. The number of hydrogen-bond donors (Lipinski definition) is 0. The number of unbranched alkanes of at least 4 members (excludes halogenated alkanes) is 24. The highest BCUT2D eigenvalue weighted by Gasteiger charge is 2.35. The van der Waals surface area contributed by atoms with Crippen molar-refractivity contribution < 1.29 is 19.1 Å². The molecule has 0 saturated heterocycles. The molecule has 0 amide bonds. The first-order valence-corrected chi connectivity index (χ1v) is 31.3. The quantitative estimate of drug-likeness (QED) is 0.0349. The van der Waals surface area contributed by atoms with Gasteiger partial charge in [-0.15, -0.1) is 0 Å². The lowest BCUT2D eigenvalue weighted by atomic mass is 9.71. The Morgan fingerprint density at radius 2 is 0.671 bits per heavy atom. The maximum absolute atomic E-state index is 12.8. The monoisotopic (exact) mass is 1040 g/mol. The van der Waals surface area contributed by atoms with Gasteiger partial charge in [0.1, 0.15) is 12.2 Å². The Morgan fingerprint density at radius 3 is 0.961 bits per heavy atom. The molecule has 2 aliphatic carbocycles. The number of ether oxygens (including phenoxy) is 2. The molecule has 428 valence electrons. The Bertz CT molecular complexity index is 1850. The van der Waals surface area contributed by atoms with Gasteiger partial charge in [-0.1, -0.05) is 314 Å². The summed E-state index contributed by atoms with van der Waals surface area (Å²) in [6, 6.07) is 0. The second-order valence-corrected chi connectivity index (χ2v) is 24.6. The number of esters is 2. The molecule has 0 aromatic heterocycles. The van der Waals surface area contributed by atoms with Crippen LogP contribution in [0.25, 0.3) is 0 Å². The van der Waals surface area contributed by atoms with E-state index in [4.69, 9.17) is 9.47 Å². The highest BCUT2D eigenvalue weighted by Crippen LogP contribution is 2.43. The lowest BCUT2D eigenvalue weighted by Crippen LogP contribution is -2.31. The number of carbonyl (C=O) groups excluding carboxylic acids is 2. The third-order valence-electron chi connectivity index (χ3n) is 15.8. The van der Waals surface area contributed by atoms with Crippen molar-refractivity contribution in [3.05, 3.63) is 130 Å². The van der Waals surface area contributed by atoms with Crippen LogP contribution in [0.3, 0.4) is 0 Å². The van der Waals surface area contributed by atoms with Crippen molar-refractivity contribution in [3.63, 3.8) is 0 Å². The normalized spacial score (nSPS) is 19.0. The van der Waals surface area contributed by atoms with Gasteiger partial charge in [-0.05, 0) is 89.2 Å². The minimum Gasteiger partial charge on any atom is -0.462 e. The van der Waals surface area contributed by atoms with Gasteiger partial charge in [-0.2, -0.15) is 0 Å². The van der Waals surface area contributed by atoms with E-state index < -0.39 is 0 Å². The molecule has 2 rings (SSSR count). The van der Waals surface area contributed by atoms with E-state index in [1.54, 1.807) is 0 Å². The summed E-state index contributed by atoms with van der Waals surface area (Å²) in [4.78, 5) is 25.6. The molecule has 0 aliphatic heterocycles. The maximum Gasteiger partial charge on any atom is 0.306 e. The molecule has 0 heterocycles. The van der Waals surface area contributed by atoms with Gasteiger partial charge in [0.25, 0.3) is 0 Å². The van der Waals surface area contributed by atoms with Crippen molar-refractivity contribution in [2.24, 2.45) is 10.8 Å². The van der Waals surface area contributed by atoms with Crippen molar-refractivity contribution >= 4 is 11.9 Å². The Morgan fingerprint density at radius 1 is 0.408 bits per heavy atom. The number of allylic oxidation sites excluding steroid dienone is 20. The molecule has 2 aliphatic rings. The van der Waals surface area contributed by atoms with Gasteiger partial charge in [0, 0.05) is 25.7 Å². The molecule has 0 spiro atoms. The molecule has 0 saturated carbocycles. The Balaban J connectivity index is 1.73. The van der Waals surface area contributed by atoms with Crippen molar-refractivity contribution in [2.75, 3.05) is 0 Å². The summed E-state index contributed by atoms with van der Waals surface area (Å²) in [6.07, 6.45) is 68.6. The molecule has 0 aromatic rings. The molecule has 0 fully saturated rings. The van der Waals surface area contributed by atoms with Gasteiger partial charge < -0.3 is 9.47 Å². The second kappa shape index (κ2) is 41.2. The molecule has 4 nitrogen and oxygen atoms in total. The van der Waals surface area contributed by atoms with E-state index in [1.165, 1.54) is 186 Å². The summed E-state index contributed by atoms with van der Waals surface area (Å²) < 4.78 is 12.1. The van der Waals surface area contributed by atoms with Gasteiger partial charge in [-0.3, -0.25) is 9.59 Å². The minimum atomic E-state index is -0.0573. The first kappa shape index (κ1) is 68.2. The zero-order chi connectivity index (χ0) is 55.9. The second-order valence-electron chi connectivity index (χ2n) is 24.6. The first-order chi connectivity index (χ1) is 36.5. The van der Waals surface area contributed by atoms with E-state index in [1.807, 2.05) is 0 Å². The van der Waals surface area contributed by atoms with E-state index in [-0.39, 0.29) is 35.0 Å². The number of rotatable bonds is 40. The van der Waals surface area contributed by atoms with Gasteiger partial charge in [-0.25, -0.2) is 0 Å². The summed E-state index contributed by atoms with van der Waals surface area (Å²) in [5.74, 6) is -0.0504. The fraction of sp³-hybridized carbons (Fsp3) is 0.667. The van der Waals surface area contributed by atoms with Crippen molar-refractivity contribution in [1.29, 1.82) is 0 Å². The van der Waals surface area contributed by atoms with Crippen LogP contribution in [0.5, 0.6) is 0 Å². The van der Waals surface area contributed by atoms with E-state index in [0.717, 1.165) is 51.4 Å². The summed E-state index contributed by atoms with van der Waals surface area (Å²) in [7, 11) is 0. The number of carbonyl (C=O) groups is 2. The topological polar surface area (TPSA) is 52.6 Å². The fourth-order valence-electron chi connectivity index (χ4n) is 11.3. The van der Waals surface area contributed by atoms with Crippen LogP contribution < -0.4 is 0 Å². The van der Waals surface area contributed by atoms with Gasteiger partial charge in [0.05, 0.1) is 0 Å². The van der Waals surface area contributed by atoms with Crippen molar-refractivity contribution in [1.82, 2.24) is 0 Å². The van der Waals surface area contributed by atoms with E-state index in [0.29, 0.717) is 12.8 Å². The maximum atomic E-state index is 12.8. The third kappa shape index (κ3) is 32.7. The summed E-state index contributed by atoms with van der Waals surface area (Å²) in [5.41, 5.74) is 9.98. The molecule has 0 unspecified atom stereocenters. The van der Waals surface area contributed by atoms with Crippen LogP contribution in [-0.4, -0.2) is 24.1 Å².